The summed E-state index contributed by atoms with van der Waals surface area (Å²) in [5.41, 5.74) is 2.35. The largest absolute Gasteiger partial charge is 0.495 e. The van der Waals surface area contributed by atoms with Crippen molar-refractivity contribution in [2.24, 2.45) is 0 Å². The Morgan fingerprint density at radius 1 is 1.00 bits per heavy atom. The first-order valence-corrected chi connectivity index (χ1v) is 15.4. The van der Waals surface area contributed by atoms with E-state index >= 15 is 0 Å². The van der Waals surface area contributed by atoms with Crippen molar-refractivity contribution < 1.29 is 14.3 Å². The average Bonchev–Trinajstić information content (AvgIpc) is 3.74. The van der Waals surface area contributed by atoms with E-state index in [9.17, 15) is 4.79 Å². The van der Waals surface area contributed by atoms with Crippen LogP contribution in [-0.2, 0) is 6.54 Å². The molecule has 2 aromatic heterocycles. The molecule has 2 aromatic carbocycles. The number of halogens is 1. The molecule has 43 heavy (non-hydrogen) atoms. The minimum Gasteiger partial charge on any atom is -0.495 e. The predicted molar refractivity (Wildman–Crippen MR) is 167 cm³/mol. The van der Waals surface area contributed by atoms with E-state index in [0.29, 0.717) is 41.1 Å². The smallest absolute Gasteiger partial charge is 0.254 e. The van der Waals surface area contributed by atoms with Crippen LogP contribution >= 0.6 is 11.6 Å². The van der Waals surface area contributed by atoms with Gasteiger partial charge < -0.3 is 14.4 Å². The highest BCUT2D eigenvalue weighted by molar-refractivity contribution is 6.32. The molecule has 222 valence electrons. The Hall–Kier alpha value is -4.17. The van der Waals surface area contributed by atoms with Crippen LogP contribution in [0.3, 0.4) is 0 Å². The first-order valence-electron chi connectivity index (χ1n) is 15.0. The number of carbonyl (C=O) groups excluding carboxylic acids is 1. The Bertz CT molecular complexity index is 1560. The predicted octanol–water partition coefficient (Wildman–Crippen LogP) is 7.24. The van der Waals surface area contributed by atoms with E-state index in [-0.39, 0.29) is 18.1 Å². The molecule has 0 bridgehead atoms. The third-order valence-electron chi connectivity index (χ3n) is 8.20. The highest BCUT2D eigenvalue weighted by Crippen LogP contribution is 2.31. The molecule has 4 aromatic rings. The van der Waals surface area contributed by atoms with Crippen LogP contribution in [0, 0.1) is 0 Å². The molecule has 2 aliphatic carbocycles. The van der Waals surface area contributed by atoms with Crippen LogP contribution in [0.4, 0.5) is 0 Å². The number of allylic oxidation sites excluding steroid dienone is 1. The van der Waals surface area contributed by atoms with Crippen molar-refractivity contribution in [3.63, 3.8) is 0 Å². The first-order chi connectivity index (χ1) is 21.1. The van der Waals surface area contributed by atoms with Gasteiger partial charge in [0.05, 0.1) is 18.7 Å². The Morgan fingerprint density at radius 2 is 1.79 bits per heavy atom. The molecular formula is C34H36ClN5O3. The zero-order valence-corrected chi connectivity index (χ0v) is 25.1. The van der Waals surface area contributed by atoms with E-state index in [1.165, 1.54) is 0 Å². The molecule has 0 aliphatic heterocycles. The van der Waals surface area contributed by atoms with Crippen LogP contribution < -0.4 is 9.47 Å². The SMILES string of the molecule is COc1ccc(-c2nc(-c3ccncc3)nn2CCN(C(=O)c2ccc(OC3C=CCCC3)cc2)C2CCCC2)cc1Cl. The summed E-state index contributed by atoms with van der Waals surface area (Å²) in [6, 6.07) is 17.1. The van der Waals surface area contributed by atoms with E-state index in [1.54, 1.807) is 19.5 Å². The van der Waals surface area contributed by atoms with Gasteiger partial charge in [0.2, 0.25) is 0 Å². The van der Waals surface area contributed by atoms with Gasteiger partial charge in [-0.15, -0.1) is 0 Å². The number of amides is 1. The number of carbonyl (C=O) groups is 1. The lowest BCUT2D eigenvalue weighted by molar-refractivity contribution is 0.0672. The van der Waals surface area contributed by atoms with Crippen molar-refractivity contribution in [3.8, 4) is 34.3 Å². The second-order valence-electron chi connectivity index (χ2n) is 11.0. The summed E-state index contributed by atoms with van der Waals surface area (Å²) in [5.74, 6) is 2.67. The summed E-state index contributed by atoms with van der Waals surface area (Å²) >= 11 is 6.49. The molecule has 1 unspecified atom stereocenters. The van der Waals surface area contributed by atoms with Crippen LogP contribution in [-0.4, -0.2) is 56.4 Å². The van der Waals surface area contributed by atoms with Crippen molar-refractivity contribution in [1.29, 1.82) is 0 Å². The number of nitrogens with zero attached hydrogens (tertiary/aromatic N) is 5. The van der Waals surface area contributed by atoms with E-state index in [1.807, 2.05) is 64.2 Å². The summed E-state index contributed by atoms with van der Waals surface area (Å²) in [7, 11) is 1.59. The number of methoxy groups -OCH3 is 1. The number of ether oxygens (including phenoxy) is 2. The first kappa shape index (κ1) is 28.9. The fourth-order valence-corrected chi connectivity index (χ4v) is 6.16. The minimum absolute atomic E-state index is 0.0273. The molecule has 1 fully saturated rings. The highest BCUT2D eigenvalue weighted by atomic mass is 35.5. The lowest BCUT2D eigenvalue weighted by Gasteiger charge is -2.29. The van der Waals surface area contributed by atoms with Crippen molar-refractivity contribution in [2.75, 3.05) is 13.7 Å². The van der Waals surface area contributed by atoms with Gasteiger partial charge >= 0.3 is 0 Å². The summed E-state index contributed by atoms with van der Waals surface area (Å²) in [4.78, 5) is 25.0. The van der Waals surface area contributed by atoms with Crippen molar-refractivity contribution in [1.82, 2.24) is 24.6 Å². The Morgan fingerprint density at radius 3 is 2.49 bits per heavy atom. The van der Waals surface area contributed by atoms with Gasteiger partial charge in [-0.3, -0.25) is 9.78 Å². The zero-order valence-electron chi connectivity index (χ0n) is 24.4. The monoisotopic (exact) mass is 597 g/mol. The van der Waals surface area contributed by atoms with E-state index in [2.05, 4.69) is 17.1 Å². The van der Waals surface area contributed by atoms with E-state index in [4.69, 9.17) is 31.2 Å². The number of rotatable bonds is 10. The fraction of sp³-hybridized carbons (Fsp3) is 0.353. The van der Waals surface area contributed by atoms with Gasteiger partial charge in [-0.2, -0.15) is 5.10 Å². The van der Waals surface area contributed by atoms with Gasteiger partial charge in [0.15, 0.2) is 11.6 Å². The molecule has 2 aliphatic rings. The molecular weight excluding hydrogens is 562 g/mol. The third kappa shape index (κ3) is 6.75. The second-order valence-corrected chi connectivity index (χ2v) is 11.5. The molecule has 1 atom stereocenters. The average molecular weight is 598 g/mol. The molecule has 0 N–H and O–H groups in total. The lowest BCUT2D eigenvalue weighted by Crippen LogP contribution is -2.41. The van der Waals surface area contributed by atoms with Crippen molar-refractivity contribution in [3.05, 3.63) is 89.7 Å². The number of pyridine rings is 1. The van der Waals surface area contributed by atoms with Crippen LogP contribution in [0.2, 0.25) is 5.02 Å². The topological polar surface area (TPSA) is 82.4 Å². The Kier molecular flexibility index (Phi) is 9.03. The van der Waals surface area contributed by atoms with Gasteiger partial charge in [-0.1, -0.05) is 30.5 Å². The second kappa shape index (κ2) is 13.4. The van der Waals surface area contributed by atoms with Gasteiger partial charge in [-0.25, -0.2) is 9.67 Å². The van der Waals surface area contributed by atoms with Gasteiger partial charge in [0, 0.05) is 41.7 Å². The normalized spacial score (nSPS) is 16.7. The van der Waals surface area contributed by atoms with E-state index in [0.717, 1.165) is 61.8 Å². The molecule has 1 amide bonds. The number of benzene rings is 2. The number of hydrogen-bond donors (Lipinski definition) is 0. The van der Waals surface area contributed by atoms with Gasteiger partial charge in [0.1, 0.15) is 17.6 Å². The molecule has 2 heterocycles. The molecule has 0 radical (unpaired) electrons. The van der Waals surface area contributed by atoms with Crippen LogP contribution in [0.25, 0.3) is 22.8 Å². The summed E-state index contributed by atoms with van der Waals surface area (Å²) in [6.45, 7) is 0.985. The van der Waals surface area contributed by atoms with Crippen molar-refractivity contribution >= 4 is 17.5 Å². The standard InChI is InChI=1S/C34H36ClN5O3/c1-42-31-16-13-26(23-30(31)35)33-37-32(24-17-19-36-20-18-24)38-40(33)22-21-39(27-7-5-6-8-27)34(41)25-11-14-29(15-12-25)43-28-9-3-2-4-10-28/h3,9,11-20,23,27-28H,2,4-8,10,21-22H2,1H3. The maximum Gasteiger partial charge on any atom is 0.254 e. The zero-order chi connectivity index (χ0) is 29.6. The third-order valence-corrected chi connectivity index (χ3v) is 8.49. The summed E-state index contributed by atoms with van der Waals surface area (Å²) < 4.78 is 13.3. The van der Waals surface area contributed by atoms with Crippen LogP contribution in [0.1, 0.15) is 55.3 Å². The maximum absolute atomic E-state index is 13.9. The van der Waals surface area contributed by atoms with Crippen LogP contribution in [0.5, 0.6) is 11.5 Å². The Balaban J connectivity index is 1.25. The molecule has 0 spiro atoms. The number of aromatic nitrogens is 4. The molecule has 9 heteroatoms. The fourth-order valence-electron chi connectivity index (χ4n) is 5.90. The summed E-state index contributed by atoms with van der Waals surface area (Å²) in [5, 5.41) is 5.37. The minimum atomic E-state index is 0.0273. The van der Waals surface area contributed by atoms with Gasteiger partial charge in [-0.05, 0) is 92.8 Å². The molecule has 8 nitrogen and oxygen atoms in total. The number of hydrogen-bond acceptors (Lipinski definition) is 6. The molecule has 1 saturated carbocycles. The van der Waals surface area contributed by atoms with Gasteiger partial charge in [0.25, 0.3) is 5.91 Å². The molecule has 0 saturated heterocycles. The van der Waals surface area contributed by atoms with Crippen LogP contribution in [0.15, 0.2) is 79.1 Å². The quantitative estimate of drug-likeness (QED) is 0.179. The van der Waals surface area contributed by atoms with E-state index < -0.39 is 0 Å². The van der Waals surface area contributed by atoms with Crippen molar-refractivity contribution in [2.45, 2.75) is 63.6 Å². The Labute approximate surface area is 257 Å². The lowest BCUT2D eigenvalue weighted by atomic mass is 10.1. The highest BCUT2D eigenvalue weighted by Gasteiger charge is 2.28. The summed E-state index contributed by atoms with van der Waals surface area (Å²) in [6.07, 6.45) is 15.4. The molecule has 6 rings (SSSR count). The maximum atomic E-state index is 13.9.